The number of sulfonamides is 1. The van der Waals surface area contributed by atoms with Crippen molar-refractivity contribution in [3.05, 3.63) is 35.4 Å². The van der Waals surface area contributed by atoms with Gasteiger partial charge in [-0.2, -0.15) is 0 Å². The SMILES string of the molecule is CCNC(=NCc1ccccc1CS(=O)(=O)NC(C)C)NCC(=O)NC(C)(C)C. The number of guanidine groups is 1. The van der Waals surface area contributed by atoms with E-state index in [0.29, 0.717) is 24.6 Å². The molecule has 0 saturated heterocycles. The lowest BCUT2D eigenvalue weighted by molar-refractivity contribution is -0.121. The fraction of sp³-hybridized carbons (Fsp3) is 0.600. The first-order valence-electron chi connectivity index (χ1n) is 9.82. The molecule has 0 aliphatic carbocycles. The van der Waals surface area contributed by atoms with Crippen LogP contribution < -0.4 is 20.7 Å². The van der Waals surface area contributed by atoms with Crippen LogP contribution in [-0.4, -0.2) is 45.0 Å². The van der Waals surface area contributed by atoms with Gasteiger partial charge in [0.05, 0.1) is 18.8 Å². The van der Waals surface area contributed by atoms with Crippen LogP contribution in [-0.2, 0) is 27.1 Å². The number of aliphatic imine (C=N–C) groups is 1. The lowest BCUT2D eigenvalue weighted by atomic mass is 10.1. The Morgan fingerprint density at radius 3 is 2.28 bits per heavy atom. The number of hydrogen-bond acceptors (Lipinski definition) is 4. The molecule has 8 nitrogen and oxygen atoms in total. The van der Waals surface area contributed by atoms with Gasteiger partial charge in [0.15, 0.2) is 5.96 Å². The molecule has 0 heterocycles. The summed E-state index contributed by atoms with van der Waals surface area (Å²) >= 11 is 0. The van der Waals surface area contributed by atoms with Gasteiger partial charge in [0, 0.05) is 18.1 Å². The van der Waals surface area contributed by atoms with E-state index in [2.05, 4.69) is 25.7 Å². The van der Waals surface area contributed by atoms with Crippen LogP contribution in [0.3, 0.4) is 0 Å². The predicted molar refractivity (Wildman–Crippen MR) is 118 cm³/mol. The summed E-state index contributed by atoms with van der Waals surface area (Å²) in [6, 6.07) is 7.16. The fourth-order valence-corrected chi connectivity index (χ4v) is 4.08. The Morgan fingerprint density at radius 1 is 1.10 bits per heavy atom. The van der Waals surface area contributed by atoms with Crippen molar-refractivity contribution in [3.63, 3.8) is 0 Å². The molecule has 9 heteroatoms. The maximum Gasteiger partial charge on any atom is 0.239 e. The molecule has 4 N–H and O–H groups in total. The summed E-state index contributed by atoms with van der Waals surface area (Å²) in [5.41, 5.74) is 1.21. The van der Waals surface area contributed by atoms with Crippen LogP contribution in [0.5, 0.6) is 0 Å². The van der Waals surface area contributed by atoms with Gasteiger partial charge in [0.25, 0.3) is 0 Å². The third-order valence-electron chi connectivity index (χ3n) is 3.56. The van der Waals surface area contributed by atoms with Crippen molar-refractivity contribution in [2.75, 3.05) is 13.1 Å². The molecule has 0 aliphatic heterocycles. The zero-order valence-corrected chi connectivity index (χ0v) is 19.1. The standard InChI is InChI=1S/C20H35N5O3S/c1-7-21-19(23-13-18(26)24-20(4,5)6)22-12-16-10-8-9-11-17(16)14-29(27,28)25-15(2)3/h8-11,15,25H,7,12-14H2,1-6H3,(H,24,26)(H2,21,22,23). The highest BCUT2D eigenvalue weighted by Gasteiger charge is 2.16. The molecule has 0 fully saturated rings. The topological polar surface area (TPSA) is 112 Å². The number of nitrogens with one attached hydrogen (secondary N) is 4. The van der Waals surface area contributed by atoms with Gasteiger partial charge in [0.1, 0.15) is 0 Å². The van der Waals surface area contributed by atoms with Gasteiger partial charge in [-0.25, -0.2) is 18.1 Å². The van der Waals surface area contributed by atoms with Crippen molar-refractivity contribution in [3.8, 4) is 0 Å². The van der Waals surface area contributed by atoms with E-state index in [0.717, 1.165) is 5.56 Å². The van der Waals surface area contributed by atoms with Gasteiger partial charge in [-0.15, -0.1) is 0 Å². The van der Waals surface area contributed by atoms with Gasteiger partial charge in [-0.3, -0.25) is 4.79 Å². The van der Waals surface area contributed by atoms with Crippen LogP contribution >= 0.6 is 0 Å². The van der Waals surface area contributed by atoms with E-state index in [1.807, 2.05) is 45.9 Å². The van der Waals surface area contributed by atoms with Crippen molar-refractivity contribution in [2.24, 2.45) is 4.99 Å². The third-order valence-corrected chi connectivity index (χ3v) is 5.08. The minimum atomic E-state index is -3.43. The van der Waals surface area contributed by atoms with Crippen molar-refractivity contribution in [1.82, 2.24) is 20.7 Å². The van der Waals surface area contributed by atoms with Gasteiger partial charge in [-0.05, 0) is 52.7 Å². The molecule has 0 unspecified atom stereocenters. The molecule has 29 heavy (non-hydrogen) atoms. The van der Waals surface area contributed by atoms with Crippen LogP contribution in [0.15, 0.2) is 29.3 Å². The molecule has 1 rings (SSSR count). The second kappa shape index (κ2) is 11.2. The average molecular weight is 426 g/mol. The predicted octanol–water partition coefficient (Wildman–Crippen LogP) is 1.48. The van der Waals surface area contributed by atoms with Crippen molar-refractivity contribution < 1.29 is 13.2 Å². The van der Waals surface area contributed by atoms with E-state index in [9.17, 15) is 13.2 Å². The Labute approximate surface area is 175 Å². The van der Waals surface area contributed by atoms with Crippen molar-refractivity contribution >= 4 is 21.9 Å². The van der Waals surface area contributed by atoms with Crippen LogP contribution in [0.1, 0.15) is 52.7 Å². The quantitative estimate of drug-likeness (QED) is 0.354. The largest absolute Gasteiger partial charge is 0.357 e. The number of nitrogens with zero attached hydrogens (tertiary/aromatic N) is 1. The van der Waals surface area contributed by atoms with Crippen LogP contribution in [0.2, 0.25) is 0 Å². The summed E-state index contributed by atoms with van der Waals surface area (Å²) in [5.74, 6) is 0.262. The molecule has 0 spiro atoms. The maximum atomic E-state index is 12.3. The number of hydrogen-bond donors (Lipinski definition) is 4. The molecule has 0 radical (unpaired) electrons. The molecule has 1 amide bonds. The van der Waals surface area contributed by atoms with Gasteiger partial charge < -0.3 is 16.0 Å². The molecule has 0 saturated carbocycles. The highest BCUT2D eigenvalue weighted by Crippen LogP contribution is 2.13. The second-order valence-corrected chi connectivity index (χ2v) is 9.90. The molecule has 0 aromatic heterocycles. The summed E-state index contributed by atoms with van der Waals surface area (Å²) in [7, 11) is -3.43. The highest BCUT2D eigenvalue weighted by atomic mass is 32.2. The first-order valence-corrected chi connectivity index (χ1v) is 11.5. The summed E-state index contributed by atoms with van der Waals surface area (Å²) < 4.78 is 27.2. The number of benzene rings is 1. The Kier molecular flexibility index (Phi) is 9.58. The third kappa shape index (κ3) is 10.8. The van der Waals surface area contributed by atoms with Crippen LogP contribution in [0.4, 0.5) is 0 Å². The van der Waals surface area contributed by atoms with Crippen LogP contribution in [0, 0.1) is 0 Å². The molecule has 164 valence electrons. The number of amides is 1. The summed E-state index contributed by atoms with van der Waals surface area (Å²) in [6.45, 7) is 12.3. The monoisotopic (exact) mass is 425 g/mol. The zero-order valence-electron chi connectivity index (χ0n) is 18.3. The van der Waals surface area contributed by atoms with E-state index in [-0.39, 0.29) is 29.8 Å². The maximum absolute atomic E-state index is 12.3. The van der Waals surface area contributed by atoms with E-state index in [4.69, 9.17) is 0 Å². The van der Waals surface area contributed by atoms with Gasteiger partial charge in [-0.1, -0.05) is 24.3 Å². The lowest BCUT2D eigenvalue weighted by Gasteiger charge is -2.21. The molecule has 1 aromatic rings. The first kappa shape index (κ1) is 24.9. The Morgan fingerprint density at radius 2 is 1.72 bits per heavy atom. The van der Waals surface area contributed by atoms with Gasteiger partial charge >= 0.3 is 0 Å². The molecule has 0 aliphatic rings. The minimum Gasteiger partial charge on any atom is -0.357 e. The first-order chi connectivity index (χ1) is 13.4. The zero-order chi connectivity index (χ0) is 22.1. The summed E-state index contributed by atoms with van der Waals surface area (Å²) in [6.07, 6.45) is 0. The molecular formula is C20H35N5O3S. The lowest BCUT2D eigenvalue weighted by Crippen LogP contribution is -2.48. The number of rotatable bonds is 9. The van der Waals surface area contributed by atoms with E-state index < -0.39 is 10.0 Å². The number of carbonyl (C=O) groups excluding carboxylic acids is 1. The van der Waals surface area contributed by atoms with E-state index >= 15 is 0 Å². The fourth-order valence-electron chi connectivity index (χ4n) is 2.59. The Balaban J connectivity index is 2.85. The van der Waals surface area contributed by atoms with Crippen LogP contribution in [0.25, 0.3) is 0 Å². The molecule has 0 atom stereocenters. The minimum absolute atomic E-state index is 0.0947. The molecule has 1 aromatic carbocycles. The summed E-state index contributed by atoms with van der Waals surface area (Å²) in [4.78, 5) is 16.5. The Bertz CT molecular complexity index is 799. The summed E-state index contributed by atoms with van der Waals surface area (Å²) in [5, 5.41) is 8.98. The average Bonchev–Trinajstić information content (AvgIpc) is 2.55. The van der Waals surface area contributed by atoms with E-state index in [1.54, 1.807) is 19.9 Å². The molecule has 0 bridgehead atoms. The normalized spacial score (nSPS) is 12.7. The van der Waals surface area contributed by atoms with Gasteiger partial charge in [0.2, 0.25) is 15.9 Å². The number of carbonyl (C=O) groups is 1. The second-order valence-electron chi connectivity index (χ2n) is 8.15. The Hall–Kier alpha value is -2.13. The van der Waals surface area contributed by atoms with Crippen molar-refractivity contribution in [2.45, 2.75) is 65.4 Å². The van der Waals surface area contributed by atoms with E-state index in [1.165, 1.54) is 0 Å². The molecular weight excluding hydrogens is 390 g/mol. The smallest absolute Gasteiger partial charge is 0.239 e. The highest BCUT2D eigenvalue weighted by molar-refractivity contribution is 7.88. The van der Waals surface area contributed by atoms with Crippen molar-refractivity contribution in [1.29, 1.82) is 0 Å².